The Morgan fingerprint density at radius 1 is 0.480 bits per heavy atom. The molecule has 16 heteroatoms. The fourth-order valence-corrected chi connectivity index (χ4v) is 16.1. The summed E-state index contributed by atoms with van der Waals surface area (Å²) in [5.74, 6) is 2.56. The van der Waals surface area contributed by atoms with Crippen molar-refractivity contribution in [2.45, 2.75) is 63.9 Å². The number of nitrogens with zero attached hydrogens (tertiary/aromatic N) is 4. The van der Waals surface area contributed by atoms with Crippen molar-refractivity contribution in [3.63, 3.8) is 0 Å². The maximum Gasteiger partial charge on any atom is 0.338 e. The number of methoxy groups -OCH3 is 5. The van der Waals surface area contributed by atoms with Crippen LogP contribution in [0.1, 0.15) is 113 Å². The lowest BCUT2D eigenvalue weighted by Crippen LogP contribution is -2.30. The molecule has 0 bridgehead atoms. The van der Waals surface area contributed by atoms with Gasteiger partial charge in [-0.25, -0.2) is 4.79 Å². The number of hydrogen-bond donors (Lipinski definition) is 2. The average molecular weight is 1370 g/mol. The number of hydrogen-bond acceptors (Lipinski definition) is 11. The molecule has 0 fully saturated rings. The molecule has 4 heterocycles. The van der Waals surface area contributed by atoms with Crippen LogP contribution in [-0.4, -0.2) is 109 Å². The number of halogens is 1. The van der Waals surface area contributed by atoms with Gasteiger partial charge in [0.25, 0.3) is 11.8 Å². The summed E-state index contributed by atoms with van der Waals surface area (Å²) >= 11 is 3.73. The molecule has 0 spiro atoms. The third kappa shape index (κ3) is 10.8. The van der Waals surface area contributed by atoms with E-state index in [1.807, 2.05) is 107 Å². The molecular weight excluding hydrogens is 1300 g/mol. The third-order valence-electron chi connectivity index (χ3n) is 20.1. The molecule has 12 aromatic rings. The number of ether oxygens (including phenoxy) is 6. The van der Waals surface area contributed by atoms with Crippen LogP contribution in [0.25, 0.3) is 65.9 Å². The molecule has 0 unspecified atom stereocenters. The SMILES string of the molecule is COCCOC(=O)c1ccc2c(c1)c1c3c(c4c(c1n2CCCO)Cc1ccccc1-4)C(=O)N(C(c1ccc(OC)cc1)c1ccc(OC)cc1)C3.COc1ccc(C(c2ccc(OC)cc2)N2Cc3c(c4c(c5c3c3cc(Br)ccc3n5CCCO)Cc3ccccc3-4)C2=O)cc1.[HH]. The minimum atomic E-state index is -0.433. The summed E-state index contributed by atoms with van der Waals surface area (Å²) in [6.07, 6.45) is 2.64. The number of esters is 1. The number of carbonyl (C=O) groups is 3. The molecule has 2 N–H and O–H groups in total. The van der Waals surface area contributed by atoms with Gasteiger partial charge in [-0.2, -0.15) is 0 Å². The van der Waals surface area contributed by atoms with E-state index in [4.69, 9.17) is 28.4 Å². The zero-order chi connectivity index (χ0) is 67.5. The normalized spacial score (nSPS) is 13.3. The van der Waals surface area contributed by atoms with Gasteiger partial charge in [0.1, 0.15) is 29.6 Å². The summed E-state index contributed by atoms with van der Waals surface area (Å²) in [6.45, 7) is 2.69. The van der Waals surface area contributed by atoms with Crippen LogP contribution in [0.3, 0.4) is 0 Å². The van der Waals surface area contributed by atoms with Crippen LogP contribution >= 0.6 is 15.9 Å². The highest BCUT2D eigenvalue weighted by Crippen LogP contribution is 2.54. The lowest BCUT2D eigenvalue weighted by Gasteiger charge is -2.29. The summed E-state index contributed by atoms with van der Waals surface area (Å²) in [5.41, 5.74) is 21.0. The Labute approximate surface area is 577 Å². The average Bonchev–Trinajstić information content (AvgIpc) is 1.54. The molecule has 2 amide bonds. The topological polar surface area (TPSA) is 163 Å². The van der Waals surface area contributed by atoms with Crippen LogP contribution < -0.4 is 18.9 Å². The maximum absolute atomic E-state index is 15.2. The van der Waals surface area contributed by atoms with Crippen LogP contribution in [0.2, 0.25) is 0 Å². The quantitative estimate of drug-likeness (QED) is 0.0551. The Balaban J connectivity index is 0.000000168. The van der Waals surface area contributed by atoms with Gasteiger partial charge in [-0.3, -0.25) is 9.59 Å². The molecule has 15 nitrogen and oxygen atoms in total. The largest absolute Gasteiger partial charge is 0.497 e. The van der Waals surface area contributed by atoms with Crippen molar-refractivity contribution in [3.05, 3.63) is 259 Å². The molecule has 2 aliphatic heterocycles. The van der Waals surface area contributed by atoms with Crippen molar-refractivity contribution in [1.29, 1.82) is 0 Å². The molecule has 2 aliphatic carbocycles. The molecular formula is C82H75BrN4O11. The summed E-state index contributed by atoms with van der Waals surface area (Å²) in [5, 5.41) is 23.9. The summed E-state index contributed by atoms with van der Waals surface area (Å²) < 4.78 is 38.2. The van der Waals surface area contributed by atoms with E-state index >= 15 is 9.59 Å². The molecule has 16 rings (SSSR count). The second kappa shape index (κ2) is 26.6. The minimum absolute atomic E-state index is 0. The van der Waals surface area contributed by atoms with Crippen LogP contribution in [0.5, 0.6) is 23.0 Å². The van der Waals surface area contributed by atoms with Crippen LogP contribution in [0.15, 0.2) is 186 Å². The van der Waals surface area contributed by atoms with Crippen molar-refractivity contribution in [2.24, 2.45) is 0 Å². The fraction of sp³-hybridized carbons (Fsp3) is 0.232. The third-order valence-corrected chi connectivity index (χ3v) is 20.6. The van der Waals surface area contributed by atoms with Crippen molar-refractivity contribution in [1.82, 2.24) is 18.9 Å². The monoisotopic (exact) mass is 1370 g/mol. The number of fused-ring (bicyclic) bond motifs is 20. The van der Waals surface area contributed by atoms with Gasteiger partial charge in [0.15, 0.2) is 0 Å². The van der Waals surface area contributed by atoms with Gasteiger partial charge < -0.3 is 57.6 Å². The number of aromatic nitrogens is 2. The first-order valence-corrected chi connectivity index (χ1v) is 33.9. The van der Waals surface area contributed by atoms with Gasteiger partial charge in [-0.15, -0.1) is 0 Å². The second-order valence-corrected chi connectivity index (χ2v) is 26.2. The Bertz CT molecular complexity index is 5030. The van der Waals surface area contributed by atoms with Gasteiger partial charge >= 0.3 is 5.97 Å². The molecule has 4 aliphatic rings. The number of aliphatic hydroxyl groups excluding tert-OH is 2. The predicted octanol–water partition coefficient (Wildman–Crippen LogP) is 15.8. The van der Waals surface area contributed by atoms with Gasteiger partial charge in [0.2, 0.25) is 0 Å². The van der Waals surface area contributed by atoms with Crippen LogP contribution in [0, 0.1) is 0 Å². The van der Waals surface area contributed by atoms with Crippen molar-refractivity contribution < 1.29 is 54.4 Å². The minimum Gasteiger partial charge on any atom is -0.497 e. The summed E-state index contributed by atoms with van der Waals surface area (Å²) in [4.78, 5) is 47.5. The van der Waals surface area contributed by atoms with E-state index in [9.17, 15) is 15.0 Å². The number of benzene rings is 10. The molecule has 0 radical (unpaired) electrons. The number of aliphatic hydroxyl groups is 2. The number of rotatable bonds is 20. The van der Waals surface area contributed by atoms with E-state index < -0.39 is 12.0 Å². The van der Waals surface area contributed by atoms with Crippen LogP contribution in [0.4, 0.5) is 0 Å². The van der Waals surface area contributed by atoms with Gasteiger partial charge in [0.05, 0.1) is 74.9 Å². The van der Waals surface area contributed by atoms with Crippen molar-refractivity contribution in [3.8, 4) is 45.3 Å². The Morgan fingerprint density at radius 3 is 1.28 bits per heavy atom. The zero-order valence-corrected chi connectivity index (χ0v) is 56.8. The van der Waals surface area contributed by atoms with E-state index in [1.54, 1.807) is 41.6 Å². The molecule has 10 aromatic carbocycles. The van der Waals surface area contributed by atoms with E-state index in [2.05, 4.69) is 104 Å². The molecule has 0 atom stereocenters. The maximum atomic E-state index is 15.2. The van der Waals surface area contributed by atoms with Gasteiger partial charge in [0, 0.05) is 109 Å². The molecule has 0 saturated heterocycles. The summed E-state index contributed by atoms with van der Waals surface area (Å²) in [7, 11) is 8.17. The van der Waals surface area contributed by atoms with Gasteiger partial charge in [-0.05, 0) is 165 Å². The lowest BCUT2D eigenvalue weighted by molar-refractivity contribution is 0.0388. The predicted molar refractivity (Wildman–Crippen MR) is 386 cm³/mol. The van der Waals surface area contributed by atoms with E-state index in [1.165, 1.54) is 22.2 Å². The molecule has 98 heavy (non-hydrogen) atoms. The zero-order valence-electron chi connectivity index (χ0n) is 55.2. The highest BCUT2D eigenvalue weighted by atomic mass is 79.9. The number of carbonyl (C=O) groups excluding carboxylic acids is 3. The molecule has 496 valence electrons. The first kappa shape index (κ1) is 63.8. The standard InChI is InChI=1S/C43H40N2O7.C39H33BrN2O4.H2/c1-49-21-22-52-43(48)29-13-18-36-33(24-29)38-35-25-45(40(26-9-14-30(50-2)15-10-26)27-11-16-31(51-3)17-12-27)42(47)39(35)37-32-8-5-4-7-28(32)23-34(37)41(38)44(36)19-6-20-46;1-45-27-13-8-23(9-14-27)37(24-10-15-28(46-2)16-11-24)42-22-32-35-30-21-26(40)12-17-33(30)41(18-5-19-43)38(35)31-20-25-6-3-4-7-29(25)34(31)36(32)39(42)44;/h4-5,7-18,24,40,46H,6,19-23,25H2,1-3H3;3-4,6-17,21,37,43H,5,18-20,22H2,1-2H3;1H. The van der Waals surface area contributed by atoms with Crippen molar-refractivity contribution in [2.75, 3.05) is 62.0 Å². The first-order valence-electron chi connectivity index (χ1n) is 33.1. The Hall–Kier alpha value is -10.2. The highest BCUT2D eigenvalue weighted by Gasteiger charge is 2.44. The smallest absolute Gasteiger partial charge is 0.338 e. The second-order valence-electron chi connectivity index (χ2n) is 25.3. The Kier molecular flexibility index (Phi) is 17.3. The first-order chi connectivity index (χ1) is 48.0. The van der Waals surface area contributed by atoms with E-state index in [0.717, 1.165) is 139 Å². The van der Waals surface area contributed by atoms with Crippen LogP contribution in [-0.2, 0) is 48.5 Å². The number of amides is 2. The summed E-state index contributed by atoms with van der Waals surface area (Å²) in [6, 6.07) is 59.9. The molecule has 0 saturated carbocycles. The van der Waals surface area contributed by atoms with E-state index in [-0.39, 0.29) is 39.1 Å². The highest BCUT2D eigenvalue weighted by molar-refractivity contribution is 9.10. The van der Waals surface area contributed by atoms with Gasteiger partial charge in [-0.1, -0.05) is 113 Å². The van der Waals surface area contributed by atoms with E-state index in [0.29, 0.717) is 63.2 Å². The number of aryl methyl sites for hydroxylation is 2. The molecule has 2 aromatic heterocycles. The Morgan fingerprint density at radius 2 is 0.878 bits per heavy atom. The van der Waals surface area contributed by atoms with Crippen molar-refractivity contribution >= 4 is 77.3 Å². The lowest BCUT2D eigenvalue weighted by atomic mass is 9.92. The fourth-order valence-electron chi connectivity index (χ4n) is 15.7.